The molecular formula is C10H9Cl2FO. The molecule has 0 atom stereocenters. The third kappa shape index (κ3) is 3.56. The molecule has 0 aliphatic carbocycles. The van der Waals surface area contributed by atoms with E-state index < -0.39 is 0 Å². The van der Waals surface area contributed by atoms with Crippen molar-refractivity contribution in [3.8, 4) is 5.75 Å². The molecule has 0 amide bonds. The highest BCUT2D eigenvalue weighted by molar-refractivity contribution is 6.32. The number of rotatable bonds is 4. The van der Waals surface area contributed by atoms with E-state index in [0.29, 0.717) is 18.2 Å². The van der Waals surface area contributed by atoms with Crippen molar-refractivity contribution in [2.75, 3.05) is 12.5 Å². The summed E-state index contributed by atoms with van der Waals surface area (Å²) in [6, 6.07) is 4.00. The van der Waals surface area contributed by atoms with Gasteiger partial charge >= 0.3 is 0 Å². The lowest BCUT2D eigenvalue weighted by molar-refractivity contribution is 0.362. The molecular weight excluding hydrogens is 226 g/mol. The molecule has 0 saturated carbocycles. The third-order valence-corrected chi connectivity index (χ3v) is 1.96. The molecule has 0 spiro atoms. The Bertz CT molecular complexity index is 326. The monoisotopic (exact) mass is 234 g/mol. The Kier molecular flexibility index (Phi) is 4.77. The van der Waals surface area contributed by atoms with Crippen molar-refractivity contribution in [2.45, 2.75) is 0 Å². The van der Waals surface area contributed by atoms with Crippen molar-refractivity contribution in [1.82, 2.24) is 0 Å². The zero-order valence-electron chi connectivity index (χ0n) is 7.34. The van der Waals surface area contributed by atoms with E-state index in [1.807, 2.05) is 0 Å². The summed E-state index contributed by atoms with van der Waals surface area (Å²) < 4.78 is 17.9. The van der Waals surface area contributed by atoms with Crippen LogP contribution in [0.15, 0.2) is 30.4 Å². The van der Waals surface area contributed by atoms with Crippen molar-refractivity contribution < 1.29 is 9.13 Å². The molecule has 0 aliphatic rings. The quantitative estimate of drug-likeness (QED) is 0.571. The Morgan fingerprint density at radius 1 is 1.36 bits per heavy atom. The van der Waals surface area contributed by atoms with Gasteiger partial charge in [-0.15, -0.1) is 11.6 Å². The minimum atomic E-state index is -0.376. The molecule has 0 bridgehead atoms. The minimum absolute atomic E-state index is 0.268. The fourth-order valence-corrected chi connectivity index (χ4v) is 1.21. The maximum atomic E-state index is 12.6. The van der Waals surface area contributed by atoms with Crippen molar-refractivity contribution in [1.29, 1.82) is 0 Å². The van der Waals surface area contributed by atoms with Crippen LogP contribution < -0.4 is 4.74 Å². The summed E-state index contributed by atoms with van der Waals surface area (Å²) in [5, 5.41) is 0.268. The molecule has 1 rings (SSSR count). The molecule has 4 heteroatoms. The Hall–Kier alpha value is -0.730. The topological polar surface area (TPSA) is 9.23 Å². The van der Waals surface area contributed by atoms with Crippen LogP contribution in [0.25, 0.3) is 0 Å². The highest BCUT2D eigenvalue weighted by Gasteiger charge is 2.01. The Balaban J connectivity index is 2.55. The highest BCUT2D eigenvalue weighted by Crippen LogP contribution is 2.24. The lowest BCUT2D eigenvalue weighted by atomic mass is 10.3. The fourth-order valence-electron chi connectivity index (χ4n) is 0.861. The van der Waals surface area contributed by atoms with Gasteiger partial charge < -0.3 is 4.74 Å². The number of halogens is 3. The van der Waals surface area contributed by atoms with Crippen LogP contribution in [0.2, 0.25) is 5.02 Å². The Labute approximate surface area is 92.1 Å². The van der Waals surface area contributed by atoms with E-state index in [0.717, 1.165) is 0 Å². The second-order valence-electron chi connectivity index (χ2n) is 2.51. The van der Waals surface area contributed by atoms with E-state index in [4.69, 9.17) is 27.9 Å². The maximum absolute atomic E-state index is 12.6. The molecule has 0 unspecified atom stereocenters. The average molecular weight is 235 g/mol. The molecule has 1 aromatic carbocycles. The molecule has 0 heterocycles. The van der Waals surface area contributed by atoms with Gasteiger partial charge in [-0.05, 0) is 18.2 Å². The van der Waals surface area contributed by atoms with Gasteiger partial charge in [-0.1, -0.05) is 23.8 Å². The summed E-state index contributed by atoms with van der Waals surface area (Å²) in [5.41, 5.74) is 0. The summed E-state index contributed by atoms with van der Waals surface area (Å²) in [6.45, 7) is 0.373. The van der Waals surface area contributed by atoms with Crippen LogP contribution in [0, 0.1) is 5.82 Å². The van der Waals surface area contributed by atoms with Crippen molar-refractivity contribution in [3.63, 3.8) is 0 Å². The Morgan fingerprint density at radius 3 is 2.79 bits per heavy atom. The number of benzene rings is 1. The first kappa shape index (κ1) is 11.3. The van der Waals surface area contributed by atoms with Crippen LogP contribution in [-0.4, -0.2) is 12.5 Å². The number of hydrogen-bond donors (Lipinski definition) is 0. The number of ether oxygens (including phenoxy) is 1. The molecule has 14 heavy (non-hydrogen) atoms. The number of hydrogen-bond acceptors (Lipinski definition) is 1. The predicted molar refractivity (Wildman–Crippen MR) is 56.8 cm³/mol. The van der Waals surface area contributed by atoms with Crippen LogP contribution in [0.3, 0.4) is 0 Å². The smallest absolute Gasteiger partial charge is 0.138 e. The number of alkyl halides is 1. The van der Waals surface area contributed by atoms with Crippen LogP contribution in [0.4, 0.5) is 4.39 Å². The fraction of sp³-hybridized carbons (Fsp3) is 0.200. The normalized spacial score (nSPS) is 10.8. The SMILES string of the molecule is Fc1ccc(OCC=CCCl)c(Cl)c1. The van der Waals surface area contributed by atoms with Crippen molar-refractivity contribution in [2.24, 2.45) is 0 Å². The minimum Gasteiger partial charge on any atom is -0.488 e. The van der Waals surface area contributed by atoms with Crippen LogP contribution in [0.5, 0.6) is 5.75 Å². The van der Waals surface area contributed by atoms with E-state index in [-0.39, 0.29) is 10.8 Å². The summed E-state index contributed by atoms with van der Waals surface area (Å²) in [4.78, 5) is 0. The summed E-state index contributed by atoms with van der Waals surface area (Å²) >= 11 is 11.1. The van der Waals surface area contributed by atoms with Gasteiger partial charge in [-0.25, -0.2) is 4.39 Å². The molecule has 0 saturated heterocycles. The van der Waals surface area contributed by atoms with E-state index >= 15 is 0 Å². The predicted octanol–water partition coefficient (Wildman–Crippen LogP) is 3.65. The first-order valence-corrected chi connectivity index (χ1v) is 4.94. The van der Waals surface area contributed by atoms with Gasteiger partial charge in [0.25, 0.3) is 0 Å². The molecule has 1 nitrogen and oxygen atoms in total. The molecule has 0 aliphatic heterocycles. The van der Waals surface area contributed by atoms with Crippen LogP contribution in [0.1, 0.15) is 0 Å². The van der Waals surface area contributed by atoms with Crippen LogP contribution >= 0.6 is 23.2 Å². The first-order chi connectivity index (χ1) is 6.74. The summed E-state index contributed by atoms with van der Waals surface area (Å²) in [7, 11) is 0. The molecule has 1 aromatic rings. The Morgan fingerprint density at radius 2 is 2.14 bits per heavy atom. The van der Waals surface area contributed by atoms with Gasteiger partial charge in [-0.3, -0.25) is 0 Å². The average Bonchev–Trinajstić information content (AvgIpc) is 2.15. The lowest BCUT2D eigenvalue weighted by Gasteiger charge is -2.04. The largest absolute Gasteiger partial charge is 0.488 e. The second kappa shape index (κ2) is 5.89. The first-order valence-electron chi connectivity index (χ1n) is 4.03. The maximum Gasteiger partial charge on any atom is 0.138 e. The molecule has 0 radical (unpaired) electrons. The molecule has 76 valence electrons. The van der Waals surface area contributed by atoms with E-state index in [1.165, 1.54) is 18.2 Å². The van der Waals surface area contributed by atoms with Gasteiger partial charge in [-0.2, -0.15) is 0 Å². The number of allylic oxidation sites excluding steroid dienone is 1. The van der Waals surface area contributed by atoms with Gasteiger partial charge in [0, 0.05) is 5.88 Å². The van der Waals surface area contributed by atoms with Gasteiger partial charge in [0.15, 0.2) is 0 Å². The third-order valence-electron chi connectivity index (χ3n) is 1.48. The lowest BCUT2D eigenvalue weighted by Crippen LogP contribution is -1.94. The zero-order valence-corrected chi connectivity index (χ0v) is 8.85. The van der Waals surface area contributed by atoms with E-state index in [2.05, 4.69) is 0 Å². The van der Waals surface area contributed by atoms with E-state index in [9.17, 15) is 4.39 Å². The van der Waals surface area contributed by atoms with Gasteiger partial charge in [0.1, 0.15) is 18.2 Å². The molecule has 0 aromatic heterocycles. The van der Waals surface area contributed by atoms with Crippen LogP contribution in [-0.2, 0) is 0 Å². The standard InChI is InChI=1S/C10H9Cl2FO/c11-5-1-2-6-14-10-4-3-8(13)7-9(10)12/h1-4,7H,5-6H2. The second-order valence-corrected chi connectivity index (χ2v) is 3.23. The van der Waals surface area contributed by atoms with E-state index in [1.54, 1.807) is 12.2 Å². The summed E-state index contributed by atoms with van der Waals surface area (Å²) in [5.74, 6) is 0.534. The zero-order chi connectivity index (χ0) is 10.4. The van der Waals surface area contributed by atoms with Crippen molar-refractivity contribution >= 4 is 23.2 Å². The molecule has 0 fully saturated rings. The summed E-state index contributed by atoms with van der Waals surface area (Å²) in [6.07, 6.45) is 3.53. The molecule has 0 N–H and O–H groups in total. The van der Waals surface area contributed by atoms with Gasteiger partial charge in [0.2, 0.25) is 0 Å². The van der Waals surface area contributed by atoms with Crippen molar-refractivity contribution in [3.05, 3.63) is 41.2 Å². The highest BCUT2D eigenvalue weighted by atomic mass is 35.5. The van der Waals surface area contributed by atoms with Gasteiger partial charge in [0.05, 0.1) is 5.02 Å².